The first-order chi connectivity index (χ1) is 7.61. The van der Waals surface area contributed by atoms with Crippen molar-refractivity contribution >= 4 is 37.6 Å². The topological polar surface area (TPSA) is 26.3 Å². The van der Waals surface area contributed by atoms with E-state index in [-0.39, 0.29) is 10.6 Å². The summed E-state index contributed by atoms with van der Waals surface area (Å²) in [5.74, 6) is 0.740. The summed E-state index contributed by atoms with van der Waals surface area (Å²) in [7, 11) is 0. The number of Topliss-reactive ketones (excluding diaryl/α,β-unsaturated/α-hetero) is 1. The zero-order valence-electron chi connectivity index (χ0n) is 9.30. The molecule has 0 radical (unpaired) electrons. The molecule has 0 aliphatic carbocycles. The quantitative estimate of drug-likeness (QED) is 0.594. The maximum absolute atomic E-state index is 12.0. The van der Waals surface area contributed by atoms with Gasteiger partial charge in [-0.05, 0) is 19.9 Å². The van der Waals surface area contributed by atoms with E-state index in [9.17, 15) is 4.79 Å². The summed E-state index contributed by atoms with van der Waals surface area (Å²) in [5, 5.41) is 0.681. The second kappa shape index (κ2) is 6.40. The van der Waals surface area contributed by atoms with Crippen molar-refractivity contribution in [1.29, 1.82) is 0 Å². The van der Waals surface area contributed by atoms with Crippen LogP contribution in [0.3, 0.4) is 0 Å². The third-order valence-corrected chi connectivity index (χ3v) is 3.18. The van der Waals surface area contributed by atoms with Gasteiger partial charge in [0.1, 0.15) is 5.75 Å². The van der Waals surface area contributed by atoms with E-state index in [4.69, 9.17) is 4.74 Å². The molecule has 0 amide bonds. The van der Waals surface area contributed by atoms with Crippen molar-refractivity contribution in [3.05, 3.63) is 29.3 Å². The number of benzene rings is 1. The van der Waals surface area contributed by atoms with Gasteiger partial charge < -0.3 is 4.74 Å². The smallest absolute Gasteiger partial charge is 0.179 e. The van der Waals surface area contributed by atoms with Gasteiger partial charge in [0.2, 0.25) is 0 Å². The largest absolute Gasteiger partial charge is 0.493 e. The molecule has 1 aromatic rings. The van der Waals surface area contributed by atoms with Crippen LogP contribution in [0.1, 0.15) is 29.8 Å². The van der Waals surface area contributed by atoms with E-state index in [1.165, 1.54) is 0 Å². The van der Waals surface area contributed by atoms with Crippen molar-refractivity contribution in [2.75, 3.05) is 6.61 Å². The van der Waals surface area contributed by atoms with Crippen LogP contribution < -0.4 is 4.74 Å². The molecular weight excluding hydrogens is 336 g/mol. The Labute approximate surface area is 113 Å². The summed E-state index contributed by atoms with van der Waals surface area (Å²) < 4.78 is 5.56. The molecule has 0 aromatic heterocycles. The van der Waals surface area contributed by atoms with Gasteiger partial charge >= 0.3 is 0 Å². The Morgan fingerprint density at radius 2 is 2.19 bits per heavy atom. The first kappa shape index (κ1) is 13.7. The SMILES string of the molecule is CCOc1c(CBr)cccc1C(=O)C(C)Br. The van der Waals surface area contributed by atoms with Gasteiger partial charge in [-0.1, -0.05) is 44.0 Å². The summed E-state index contributed by atoms with van der Waals surface area (Å²) in [6.45, 7) is 4.29. The Morgan fingerprint density at radius 3 is 2.69 bits per heavy atom. The summed E-state index contributed by atoms with van der Waals surface area (Å²) in [6.07, 6.45) is 0. The highest BCUT2D eigenvalue weighted by molar-refractivity contribution is 9.10. The maximum atomic E-state index is 12.0. The van der Waals surface area contributed by atoms with Crippen LogP contribution >= 0.6 is 31.9 Å². The van der Waals surface area contributed by atoms with Crippen LogP contribution in [0.25, 0.3) is 0 Å². The number of hydrogen-bond donors (Lipinski definition) is 0. The average Bonchev–Trinajstić information content (AvgIpc) is 2.28. The molecule has 1 unspecified atom stereocenters. The Balaban J connectivity index is 3.21. The fourth-order valence-electron chi connectivity index (χ4n) is 1.41. The summed E-state index contributed by atoms with van der Waals surface area (Å²) in [5.41, 5.74) is 1.64. The van der Waals surface area contributed by atoms with E-state index in [0.29, 0.717) is 23.2 Å². The predicted molar refractivity (Wildman–Crippen MR) is 73.0 cm³/mol. The number of para-hydroxylation sites is 1. The summed E-state index contributed by atoms with van der Waals surface area (Å²) in [4.78, 5) is 11.8. The standard InChI is InChI=1S/C12H14Br2O2/c1-3-16-12-9(7-13)5-4-6-10(12)11(15)8(2)14/h4-6,8H,3,7H2,1-2H3. The van der Waals surface area contributed by atoms with E-state index >= 15 is 0 Å². The molecule has 0 heterocycles. The molecule has 1 rings (SSSR count). The first-order valence-corrected chi connectivity index (χ1v) is 7.14. The lowest BCUT2D eigenvalue weighted by molar-refractivity contribution is 0.0992. The van der Waals surface area contributed by atoms with Crippen molar-refractivity contribution in [3.8, 4) is 5.75 Å². The number of carbonyl (C=O) groups is 1. The van der Waals surface area contributed by atoms with Gasteiger partial charge in [-0.25, -0.2) is 0 Å². The van der Waals surface area contributed by atoms with Crippen LogP contribution in [0.15, 0.2) is 18.2 Å². The molecule has 1 atom stereocenters. The second-order valence-electron chi connectivity index (χ2n) is 3.34. The van der Waals surface area contributed by atoms with Gasteiger partial charge in [0.25, 0.3) is 0 Å². The Bertz CT molecular complexity index is 375. The van der Waals surface area contributed by atoms with E-state index in [1.54, 1.807) is 6.07 Å². The van der Waals surface area contributed by atoms with Crippen molar-refractivity contribution in [2.45, 2.75) is 24.0 Å². The molecule has 0 spiro atoms. The third-order valence-electron chi connectivity index (χ3n) is 2.16. The Hall–Kier alpha value is -0.350. The van der Waals surface area contributed by atoms with Crippen LogP contribution in [0, 0.1) is 0 Å². The molecular formula is C12H14Br2O2. The molecule has 0 N–H and O–H groups in total. The second-order valence-corrected chi connectivity index (χ2v) is 5.27. The highest BCUT2D eigenvalue weighted by Crippen LogP contribution is 2.28. The first-order valence-electron chi connectivity index (χ1n) is 5.10. The van der Waals surface area contributed by atoms with Gasteiger partial charge in [-0.2, -0.15) is 0 Å². The van der Waals surface area contributed by atoms with Crippen molar-refractivity contribution in [1.82, 2.24) is 0 Å². The molecule has 0 fully saturated rings. The van der Waals surface area contributed by atoms with Gasteiger partial charge in [-0.15, -0.1) is 0 Å². The minimum absolute atomic E-state index is 0.0475. The number of carbonyl (C=O) groups excluding carboxylic acids is 1. The van der Waals surface area contributed by atoms with E-state index in [2.05, 4.69) is 31.9 Å². The molecule has 0 bridgehead atoms. The number of ketones is 1. The molecule has 4 heteroatoms. The molecule has 0 aliphatic rings. The van der Waals surface area contributed by atoms with Crippen molar-refractivity contribution < 1.29 is 9.53 Å². The third kappa shape index (κ3) is 3.08. The minimum atomic E-state index is -0.197. The molecule has 1 aromatic carbocycles. The number of ether oxygens (including phenoxy) is 1. The van der Waals surface area contributed by atoms with Crippen LogP contribution in [-0.4, -0.2) is 17.2 Å². The van der Waals surface area contributed by atoms with Crippen LogP contribution in [-0.2, 0) is 5.33 Å². The highest BCUT2D eigenvalue weighted by atomic mass is 79.9. The van der Waals surface area contributed by atoms with Crippen LogP contribution in [0.5, 0.6) is 5.75 Å². The van der Waals surface area contributed by atoms with Crippen LogP contribution in [0.2, 0.25) is 0 Å². The average molecular weight is 350 g/mol. The zero-order chi connectivity index (χ0) is 12.1. The highest BCUT2D eigenvalue weighted by Gasteiger charge is 2.18. The Kier molecular flexibility index (Phi) is 5.49. The maximum Gasteiger partial charge on any atom is 0.179 e. The summed E-state index contributed by atoms with van der Waals surface area (Å²) >= 11 is 6.69. The fourth-order valence-corrected chi connectivity index (χ4v) is 2.10. The number of hydrogen-bond acceptors (Lipinski definition) is 2. The molecule has 2 nitrogen and oxygen atoms in total. The summed E-state index contributed by atoms with van der Waals surface area (Å²) in [6, 6.07) is 5.63. The lowest BCUT2D eigenvalue weighted by Gasteiger charge is -2.13. The molecule has 0 saturated heterocycles. The predicted octanol–water partition coefficient (Wildman–Crippen LogP) is 3.95. The lowest BCUT2D eigenvalue weighted by Crippen LogP contribution is -2.13. The lowest BCUT2D eigenvalue weighted by atomic mass is 10.0. The number of alkyl halides is 2. The molecule has 88 valence electrons. The van der Waals surface area contributed by atoms with E-state index < -0.39 is 0 Å². The Morgan fingerprint density at radius 1 is 1.50 bits per heavy atom. The number of halogens is 2. The molecule has 0 saturated carbocycles. The van der Waals surface area contributed by atoms with Gasteiger partial charge in [0.05, 0.1) is 17.0 Å². The van der Waals surface area contributed by atoms with Crippen LogP contribution in [0.4, 0.5) is 0 Å². The fraction of sp³-hybridized carbons (Fsp3) is 0.417. The minimum Gasteiger partial charge on any atom is -0.493 e. The molecule has 16 heavy (non-hydrogen) atoms. The zero-order valence-corrected chi connectivity index (χ0v) is 12.5. The van der Waals surface area contributed by atoms with Gasteiger partial charge in [0, 0.05) is 10.9 Å². The monoisotopic (exact) mass is 348 g/mol. The number of rotatable bonds is 5. The molecule has 0 aliphatic heterocycles. The van der Waals surface area contributed by atoms with E-state index in [1.807, 2.05) is 26.0 Å². The van der Waals surface area contributed by atoms with Crippen molar-refractivity contribution in [2.24, 2.45) is 0 Å². The van der Waals surface area contributed by atoms with Gasteiger partial charge in [0.15, 0.2) is 5.78 Å². The normalized spacial score (nSPS) is 12.2. The van der Waals surface area contributed by atoms with E-state index in [0.717, 1.165) is 5.56 Å². The van der Waals surface area contributed by atoms with Gasteiger partial charge in [-0.3, -0.25) is 4.79 Å². The van der Waals surface area contributed by atoms with Crippen molar-refractivity contribution in [3.63, 3.8) is 0 Å².